The summed E-state index contributed by atoms with van der Waals surface area (Å²) >= 11 is 1.85. The highest BCUT2D eigenvalue weighted by atomic mass is 32.1. The van der Waals surface area contributed by atoms with Crippen LogP contribution in [-0.2, 0) is 0 Å². The molecule has 4 heteroatoms. The van der Waals surface area contributed by atoms with Crippen molar-refractivity contribution in [2.75, 3.05) is 0 Å². The van der Waals surface area contributed by atoms with Crippen LogP contribution in [0.2, 0.25) is 0 Å². The van der Waals surface area contributed by atoms with Gasteiger partial charge in [0.25, 0.3) is 0 Å². The molecule has 0 aliphatic heterocycles. The van der Waals surface area contributed by atoms with Gasteiger partial charge in [0.15, 0.2) is 5.82 Å². The molecule has 0 radical (unpaired) electrons. The van der Waals surface area contributed by atoms with Gasteiger partial charge in [0.2, 0.25) is 0 Å². The number of fused-ring (bicyclic) bond motifs is 6. The topological polar surface area (TPSA) is 38.7 Å². The van der Waals surface area contributed by atoms with E-state index in [2.05, 4.69) is 140 Å². The summed E-state index contributed by atoms with van der Waals surface area (Å²) in [4.78, 5) is 15.6. The average Bonchev–Trinajstić information content (AvgIpc) is 3.61. The number of hydrogen-bond donors (Lipinski definition) is 0. The van der Waals surface area contributed by atoms with Gasteiger partial charge in [-0.2, -0.15) is 0 Å². The second-order valence-corrected chi connectivity index (χ2v) is 13.8. The first-order valence-corrected chi connectivity index (χ1v) is 17.9. The Balaban J connectivity index is 1.15. The third-order valence-electron chi connectivity index (χ3n) is 9.70. The molecular weight excluding hydrogens is 639 g/mol. The van der Waals surface area contributed by atoms with Crippen molar-refractivity contribution < 1.29 is 0 Å². The van der Waals surface area contributed by atoms with E-state index in [1.54, 1.807) is 0 Å². The molecule has 0 saturated carbocycles. The maximum absolute atomic E-state index is 5.46. The maximum Gasteiger partial charge on any atom is 0.160 e. The molecule has 10 rings (SSSR count). The molecule has 7 aromatic carbocycles. The van der Waals surface area contributed by atoms with Crippen molar-refractivity contribution in [3.05, 3.63) is 176 Å². The number of nitrogens with zero attached hydrogens (tertiary/aromatic N) is 3. The first-order valence-electron chi connectivity index (χ1n) is 17.1. The lowest BCUT2D eigenvalue weighted by Gasteiger charge is -2.13. The first-order chi connectivity index (χ1) is 25.3. The van der Waals surface area contributed by atoms with Gasteiger partial charge in [-0.15, -0.1) is 11.3 Å². The van der Waals surface area contributed by atoms with Crippen LogP contribution < -0.4 is 0 Å². The summed E-state index contributed by atoms with van der Waals surface area (Å²) in [6.45, 7) is 0. The molecule has 51 heavy (non-hydrogen) atoms. The van der Waals surface area contributed by atoms with Crippen LogP contribution in [0.4, 0.5) is 0 Å². The highest BCUT2D eigenvalue weighted by Gasteiger charge is 2.20. The molecule has 238 valence electrons. The van der Waals surface area contributed by atoms with Crippen molar-refractivity contribution in [2.24, 2.45) is 0 Å². The van der Waals surface area contributed by atoms with E-state index in [1.807, 2.05) is 47.7 Å². The Morgan fingerprint density at radius 3 is 1.73 bits per heavy atom. The van der Waals surface area contributed by atoms with Gasteiger partial charge in [-0.3, -0.25) is 0 Å². The van der Waals surface area contributed by atoms with Crippen LogP contribution in [0.15, 0.2) is 176 Å². The van der Waals surface area contributed by atoms with E-state index in [0.717, 1.165) is 56.0 Å². The van der Waals surface area contributed by atoms with Crippen LogP contribution in [0.3, 0.4) is 0 Å². The lowest BCUT2D eigenvalue weighted by Crippen LogP contribution is -1.96. The number of benzene rings is 7. The predicted molar refractivity (Wildman–Crippen MR) is 215 cm³/mol. The number of thiophene rings is 1. The number of aromatic nitrogens is 3. The maximum atomic E-state index is 5.46. The predicted octanol–water partition coefficient (Wildman–Crippen LogP) is 12.9. The Morgan fingerprint density at radius 2 is 0.980 bits per heavy atom. The lowest BCUT2D eigenvalue weighted by molar-refractivity contribution is 1.18. The molecule has 3 heterocycles. The molecule has 3 aromatic heterocycles. The van der Waals surface area contributed by atoms with Crippen LogP contribution in [0.5, 0.6) is 0 Å². The Kier molecular flexibility index (Phi) is 7.00. The third kappa shape index (κ3) is 5.08. The van der Waals surface area contributed by atoms with Crippen LogP contribution >= 0.6 is 11.3 Å². The summed E-state index contributed by atoms with van der Waals surface area (Å²) in [6.07, 6.45) is 0. The van der Waals surface area contributed by atoms with E-state index in [0.29, 0.717) is 5.82 Å². The molecule has 0 N–H and O–H groups in total. The van der Waals surface area contributed by atoms with Crippen LogP contribution in [0, 0.1) is 0 Å². The summed E-state index contributed by atoms with van der Waals surface area (Å²) in [5.74, 6) is 0.702. The van der Waals surface area contributed by atoms with Gasteiger partial charge < -0.3 is 0 Å². The highest BCUT2D eigenvalue weighted by Crippen LogP contribution is 2.46. The molecule has 0 unspecified atom stereocenters. The standard InChI is InChI=1S/C47H29N3S/c1-3-14-32(15-4-1)40-29-41(33-16-5-2-6-17-33)50-47(49-40)34-27-25-31(26-28-34)36-21-12-23-39-43(36)46-44(38-20-9-10-24-42(38)51-46)45(48-39)37-22-11-18-30-13-7-8-19-35(30)37/h1-29H. The molecule has 0 aliphatic rings. The first kappa shape index (κ1) is 29.4. The summed E-state index contributed by atoms with van der Waals surface area (Å²) < 4.78 is 2.52. The fraction of sp³-hybridized carbons (Fsp3) is 0. The van der Waals surface area contributed by atoms with Gasteiger partial charge in [-0.25, -0.2) is 15.0 Å². The van der Waals surface area contributed by atoms with Crippen molar-refractivity contribution in [3.8, 4) is 56.3 Å². The molecule has 10 aromatic rings. The molecule has 0 fully saturated rings. The zero-order chi connectivity index (χ0) is 33.7. The molecule has 0 amide bonds. The summed E-state index contributed by atoms with van der Waals surface area (Å²) in [6, 6.07) is 61.7. The largest absolute Gasteiger partial charge is 0.247 e. The Labute approximate surface area is 299 Å². The monoisotopic (exact) mass is 667 g/mol. The van der Waals surface area contributed by atoms with Gasteiger partial charge in [0.05, 0.1) is 22.6 Å². The van der Waals surface area contributed by atoms with E-state index in [-0.39, 0.29) is 0 Å². The molecular formula is C47H29N3S. The van der Waals surface area contributed by atoms with Crippen molar-refractivity contribution in [1.29, 1.82) is 0 Å². The summed E-state index contributed by atoms with van der Waals surface area (Å²) in [7, 11) is 0. The quantitative estimate of drug-likeness (QED) is 0.183. The normalized spacial score (nSPS) is 11.5. The molecule has 0 spiro atoms. The molecule has 0 atom stereocenters. The number of pyridine rings is 1. The fourth-order valence-electron chi connectivity index (χ4n) is 7.26. The van der Waals surface area contributed by atoms with Crippen LogP contribution in [0.1, 0.15) is 0 Å². The van der Waals surface area contributed by atoms with Crippen molar-refractivity contribution in [3.63, 3.8) is 0 Å². The summed E-state index contributed by atoms with van der Waals surface area (Å²) in [5.41, 5.74) is 10.4. The van der Waals surface area contributed by atoms with Gasteiger partial charge in [-0.1, -0.05) is 158 Å². The van der Waals surface area contributed by atoms with E-state index < -0.39 is 0 Å². The van der Waals surface area contributed by atoms with E-state index in [1.165, 1.54) is 36.3 Å². The second-order valence-electron chi connectivity index (χ2n) is 12.8. The van der Waals surface area contributed by atoms with Crippen molar-refractivity contribution in [1.82, 2.24) is 15.0 Å². The number of hydrogen-bond acceptors (Lipinski definition) is 4. The minimum absolute atomic E-state index is 0.702. The number of rotatable bonds is 5. The average molecular weight is 668 g/mol. The van der Waals surface area contributed by atoms with E-state index in [4.69, 9.17) is 15.0 Å². The van der Waals surface area contributed by atoms with Gasteiger partial charge in [-0.05, 0) is 40.1 Å². The van der Waals surface area contributed by atoms with Gasteiger partial charge >= 0.3 is 0 Å². The Morgan fingerprint density at radius 1 is 0.392 bits per heavy atom. The van der Waals surface area contributed by atoms with E-state index in [9.17, 15) is 0 Å². The highest BCUT2D eigenvalue weighted by molar-refractivity contribution is 7.26. The van der Waals surface area contributed by atoms with Crippen LogP contribution in [-0.4, -0.2) is 15.0 Å². The Bertz CT molecular complexity index is 2830. The minimum atomic E-state index is 0.702. The molecule has 0 bridgehead atoms. The summed E-state index contributed by atoms with van der Waals surface area (Å²) in [5, 5.41) is 6.06. The molecule has 0 saturated heterocycles. The van der Waals surface area contributed by atoms with Gasteiger partial charge in [0.1, 0.15) is 0 Å². The minimum Gasteiger partial charge on any atom is -0.247 e. The zero-order valence-corrected chi connectivity index (χ0v) is 28.3. The molecule has 0 aliphatic carbocycles. The smallest absolute Gasteiger partial charge is 0.160 e. The lowest BCUT2D eigenvalue weighted by atomic mass is 9.94. The van der Waals surface area contributed by atoms with Crippen molar-refractivity contribution >= 4 is 53.2 Å². The van der Waals surface area contributed by atoms with Crippen molar-refractivity contribution in [2.45, 2.75) is 0 Å². The fourth-order valence-corrected chi connectivity index (χ4v) is 8.53. The van der Waals surface area contributed by atoms with Gasteiger partial charge in [0, 0.05) is 47.8 Å². The Hall–Kier alpha value is -6.49. The third-order valence-corrected chi connectivity index (χ3v) is 10.9. The zero-order valence-electron chi connectivity index (χ0n) is 27.5. The SMILES string of the molecule is c1ccc(-c2cc(-c3ccccc3)nc(-c3ccc(-c4cccc5nc(-c6cccc7ccccc67)c6c7ccccc7sc6c45)cc3)n2)cc1. The molecule has 3 nitrogen and oxygen atoms in total. The second kappa shape index (κ2) is 12.1. The van der Waals surface area contributed by atoms with E-state index >= 15 is 0 Å². The van der Waals surface area contributed by atoms with Crippen LogP contribution in [0.25, 0.3) is 98.1 Å².